The number of amides is 1. The Kier molecular flexibility index (Phi) is 4.82. The monoisotopic (exact) mass is 376 g/mol. The van der Waals surface area contributed by atoms with Crippen LogP contribution in [0.3, 0.4) is 0 Å². The van der Waals surface area contributed by atoms with Crippen molar-refractivity contribution in [3.63, 3.8) is 0 Å². The fraction of sp³-hybridized carbons (Fsp3) is 0.938. The van der Waals surface area contributed by atoms with Gasteiger partial charge in [-0.2, -0.15) is 0 Å². The van der Waals surface area contributed by atoms with Crippen LogP contribution < -0.4 is 0 Å². The third-order valence-corrected chi connectivity index (χ3v) is 7.05. The van der Waals surface area contributed by atoms with Crippen molar-refractivity contribution in [2.45, 2.75) is 62.2 Å². The number of aliphatic hydroxyl groups excluding tert-OH is 1. The first-order chi connectivity index (χ1) is 10.5. The van der Waals surface area contributed by atoms with Gasteiger partial charge in [-0.25, -0.2) is 4.39 Å². The minimum atomic E-state index is -0.832. The van der Waals surface area contributed by atoms with Crippen LogP contribution in [-0.4, -0.2) is 69.6 Å². The van der Waals surface area contributed by atoms with Crippen molar-refractivity contribution in [2.24, 2.45) is 11.8 Å². The second-order valence-corrected chi connectivity index (χ2v) is 8.22. The quantitative estimate of drug-likeness (QED) is 0.747. The van der Waals surface area contributed by atoms with Crippen LogP contribution in [0.5, 0.6) is 0 Å². The van der Waals surface area contributed by atoms with Gasteiger partial charge in [0.25, 0.3) is 0 Å². The average Bonchev–Trinajstić information content (AvgIpc) is 2.82. The van der Waals surface area contributed by atoms with Crippen LogP contribution in [0.1, 0.15) is 33.1 Å². The van der Waals surface area contributed by atoms with Gasteiger partial charge in [-0.05, 0) is 44.6 Å². The molecule has 3 rings (SSSR count). The molecule has 126 valence electrons. The van der Waals surface area contributed by atoms with E-state index in [2.05, 4.69) is 27.8 Å². The number of alkyl halides is 2. The molecule has 6 unspecified atom stereocenters. The Labute approximate surface area is 140 Å². The Hall–Kier alpha value is -0.200. The van der Waals surface area contributed by atoms with Crippen molar-refractivity contribution >= 4 is 21.8 Å². The predicted octanol–water partition coefficient (Wildman–Crippen LogP) is 1.80. The van der Waals surface area contributed by atoms with Gasteiger partial charge in [0.1, 0.15) is 12.8 Å². The average molecular weight is 377 g/mol. The van der Waals surface area contributed by atoms with Crippen LogP contribution in [0.2, 0.25) is 0 Å². The highest BCUT2D eigenvalue weighted by molar-refractivity contribution is 9.09. The summed E-state index contributed by atoms with van der Waals surface area (Å²) in [4.78, 5) is 16.1. The summed E-state index contributed by atoms with van der Waals surface area (Å²) in [5.41, 5.74) is 0. The molecule has 3 fully saturated rings. The number of nitrogens with zero attached hydrogens (tertiary/aromatic N) is 2. The molecule has 0 aromatic rings. The summed E-state index contributed by atoms with van der Waals surface area (Å²) in [6, 6.07) is 0.469. The Bertz CT molecular complexity index is 436. The second kappa shape index (κ2) is 6.36. The zero-order chi connectivity index (χ0) is 16.0. The number of aliphatic hydroxyl groups is 1. The van der Waals surface area contributed by atoms with Gasteiger partial charge in [-0.3, -0.25) is 9.69 Å². The first-order valence-corrected chi connectivity index (χ1v) is 9.35. The fourth-order valence-corrected chi connectivity index (χ4v) is 5.69. The molecule has 2 heterocycles. The highest BCUT2D eigenvalue weighted by atomic mass is 79.9. The van der Waals surface area contributed by atoms with E-state index in [0.29, 0.717) is 24.4 Å². The molecule has 1 aliphatic carbocycles. The van der Waals surface area contributed by atoms with Crippen molar-refractivity contribution in [3.8, 4) is 0 Å². The van der Waals surface area contributed by atoms with Crippen LogP contribution in [-0.2, 0) is 4.79 Å². The molecule has 3 aliphatic rings. The molecule has 1 N–H and O–H groups in total. The number of hydrogen-bond donors (Lipinski definition) is 1. The first kappa shape index (κ1) is 16.7. The van der Waals surface area contributed by atoms with E-state index in [1.807, 2.05) is 11.8 Å². The molecule has 0 aromatic carbocycles. The molecule has 0 bridgehead atoms. The first-order valence-electron chi connectivity index (χ1n) is 8.43. The summed E-state index contributed by atoms with van der Waals surface area (Å²) in [7, 11) is 0. The molecule has 6 heteroatoms. The maximum atomic E-state index is 14.8. The van der Waals surface area contributed by atoms with Gasteiger partial charge in [0.05, 0.1) is 0 Å². The number of hydrogen-bond acceptors (Lipinski definition) is 3. The molecule has 1 amide bonds. The van der Waals surface area contributed by atoms with E-state index < -0.39 is 12.8 Å². The van der Waals surface area contributed by atoms with Gasteiger partial charge in [0.2, 0.25) is 5.91 Å². The van der Waals surface area contributed by atoms with Gasteiger partial charge >= 0.3 is 0 Å². The normalized spacial score (nSPS) is 45.5. The van der Waals surface area contributed by atoms with Crippen molar-refractivity contribution < 1.29 is 14.3 Å². The summed E-state index contributed by atoms with van der Waals surface area (Å²) in [5, 5.41) is 9.18. The number of fused-ring (bicyclic) bond motifs is 3. The zero-order valence-corrected chi connectivity index (χ0v) is 14.9. The van der Waals surface area contributed by atoms with E-state index in [-0.39, 0.29) is 22.8 Å². The van der Waals surface area contributed by atoms with E-state index in [4.69, 9.17) is 0 Å². The third-order valence-electron chi connectivity index (χ3n) is 6.08. The molecular weight excluding hydrogens is 351 g/mol. The lowest BCUT2D eigenvalue weighted by Crippen LogP contribution is -2.54. The molecule has 22 heavy (non-hydrogen) atoms. The second-order valence-electron chi connectivity index (χ2n) is 7.04. The summed E-state index contributed by atoms with van der Waals surface area (Å²) >= 11 is 3.51. The largest absolute Gasteiger partial charge is 0.387 e. The molecule has 0 aromatic heterocycles. The van der Waals surface area contributed by atoms with Crippen LogP contribution in [0.15, 0.2) is 0 Å². The standard InChI is InChI=1S/C16H26BrFN2O2/c1-3-19-13-6-9(2)20(14(22)8-21)7-11(13)10-4-5-12(17)15(18)16(10)19/h9-13,15-16,21H,3-8H2,1-2H3/t9-,10?,11?,12?,13?,15?,16?/m1/s1. The van der Waals surface area contributed by atoms with Gasteiger partial charge in [0.15, 0.2) is 0 Å². The van der Waals surface area contributed by atoms with E-state index in [9.17, 15) is 14.3 Å². The third kappa shape index (κ3) is 2.51. The molecular formula is C16H26BrFN2O2. The lowest BCUT2D eigenvalue weighted by Gasteiger charge is -2.43. The highest BCUT2D eigenvalue weighted by Gasteiger charge is 2.56. The molecule has 7 atom stereocenters. The van der Waals surface area contributed by atoms with Gasteiger partial charge in [-0.15, -0.1) is 0 Å². The molecule has 0 spiro atoms. The summed E-state index contributed by atoms with van der Waals surface area (Å²) in [6.07, 6.45) is 1.94. The minimum Gasteiger partial charge on any atom is -0.387 e. The number of piperidine rings is 1. The van der Waals surface area contributed by atoms with Gasteiger partial charge in [0, 0.05) is 29.5 Å². The number of likely N-dealkylation sites (tertiary alicyclic amines) is 2. The van der Waals surface area contributed by atoms with Crippen LogP contribution in [0.4, 0.5) is 4.39 Å². The Morgan fingerprint density at radius 2 is 2.09 bits per heavy atom. The smallest absolute Gasteiger partial charge is 0.248 e. The topological polar surface area (TPSA) is 43.8 Å². The molecule has 2 saturated heterocycles. The van der Waals surface area contributed by atoms with Crippen molar-refractivity contribution in [3.05, 3.63) is 0 Å². The molecule has 2 aliphatic heterocycles. The van der Waals surface area contributed by atoms with Crippen molar-refractivity contribution in [1.29, 1.82) is 0 Å². The minimum absolute atomic E-state index is 0.0190. The maximum absolute atomic E-state index is 14.8. The maximum Gasteiger partial charge on any atom is 0.248 e. The van der Waals surface area contributed by atoms with Gasteiger partial charge in [-0.1, -0.05) is 22.9 Å². The van der Waals surface area contributed by atoms with Crippen LogP contribution >= 0.6 is 15.9 Å². The molecule has 4 nitrogen and oxygen atoms in total. The Morgan fingerprint density at radius 3 is 2.73 bits per heavy atom. The summed E-state index contributed by atoms with van der Waals surface area (Å²) < 4.78 is 14.8. The SMILES string of the molecule is CCN1C2C[C@@H](C)N(C(=O)CO)CC2C2CCC(Br)C(F)C21. The zero-order valence-electron chi connectivity index (χ0n) is 13.3. The molecule has 0 radical (unpaired) electrons. The van der Waals surface area contributed by atoms with E-state index in [1.54, 1.807) is 0 Å². The van der Waals surface area contributed by atoms with Crippen molar-refractivity contribution in [2.75, 3.05) is 19.7 Å². The van der Waals surface area contributed by atoms with Crippen molar-refractivity contribution in [1.82, 2.24) is 9.80 Å². The number of carbonyl (C=O) groups excluding carboxylic acids is 1. The Balaban J connectivity index is 1.86. The highest BCUT2D eigenvalue weighted by Crippen LogP contribution is 2.49. The number of carbonyl (C=O) groups is 1. The summed E-state index contributed by atoms with van der Waals surface area (Å²) in [5.74, 6) is 0.480. The number of rotatable bonds is 2. The lowest BCUT2D eigenvalue weighted by atomic mass is 9.75. The predicted molar refractivity (Wildman–Crippen MR) is 86.7 cm³/mol. The molecule has 1 saturated carbocycles. The van der Waals surface area contributed by atoms with E-state index in [0.717, 1.165) is 25.8 Å². The van der Waals surface area contributed by atoms with Crippen LogP contribution in [0.25, 0.3) is 0 Å². The summed E-state index contributed by atoms with van der Waals surface area (Å²) in [6.45, 7) is 5.26. The lowest BCUT2D eigenvalue weighted by molar-refractivity contribution is -0.139. The number of halogens is 2. The van der Waals surface area contributed by atoms with Crippen LogP contribution in [0, 0.1) is 11.8 Å². The van der Waals surface area contributed by atoms with Gasteiger partial charge < -0.3 is 10.0 Å². The fourth-order valence-electron chi connectivity index (χ4n) is 5.12. The van der Waals surface area contributed by atoms with E-state index >= 15 is 0 Å². The van der Waals surface area contributed by atoms with E-state index in [1.165, 1.54) is 0 Å². The Morgan fingerprint density at radius 1 is 1.36 bits per heavy atom.